The first-order valence-corrected chi connectivity index (χ1v) is 7.06. The number of nitrogens with one attached hydrogen (secondary N) is 1. The molecule has 5 heteroatoms. The Kier molecular flexibility index (Phi) is 5.52. The lowest BCUT2D eigenvalue weighted by atomic mass is 10.1. The Morgan fingerprint density at radius 3 is 3.05 bits per heavy atom. The normalized spacial score (nSPS) is 19.8. The second kappa shape index (κ2) is 7.38. The number of carbonyl (C=O) groups excluding carboxylic acids is 1. The molecule has 0 aromatic heterocycles. The molecule has 1 unspecified atom stereocenters. The number of rotatable bonds is 5. The zero-order valence-electron chi connectivity index (χ0n) is 12.0. The summed E-state index contributed by atoms with van der Waals surface area (Å²) in [5.41, 5.74) is 7.43. The Bertz CT molecular complexity index is 450. The first-order valence-electron chi connectivity index (χ1n) is 7.06. The van der Waals surface area contributed by atoms with Gasteiger partial charge >= 0.3 is 0 Å². The SMILES string of the molecule is COC1CCCN(CC(=O)Nc2ccccc2CN)C1. The minimum Gasteiger partial charge on any atom is -0.380 e. The van der Waals surface area contributed by atoms with Crippen LogP contribution in [-0.4, -0.2) is 43.7 Å². The maximum Gasteiger partial charge on any atom is 0.238 e. The van der Waals surface area contributed by atoms with Gasteiger partial charge in [0.05, 0.1) is 12.6 Å². The molecule has 3 N–H and O–H groups in total. The van der Waals surface area contributed by atoms with E-state index in [9.17, 15) is 4.79 Å². The van der Waals surface area contributed by atoms with Gasteiger partial charge in [-0.1, -0.05) is 18.2 Å². The molecule has 1 aromatic rings. The van der Waals surface area contributed by atoms with Crippen molar-refractivity contribution in [2.75, 3.05) is 32.1 Å². The maximum atomic E-state index is 12.1. The fourth-order valence-corrected chi connectivity index (χ4v) is 2.56. The molecular formula is C15H23N3O2. The van der Waals surface area contributed by atoms with Gasteiger partial charge in [-0.05, 0) is 31.0 Å². The van der Waals surface area contributed by atoms with Gasteiger partial charge in [0.1, 0.15) is 0 Å². The van der Waals surface area contributed by atoms with Crippen molar-refractivity contribution in [2.24, 2.45) is 5.73 Å². The van der Waals surface area contributed by atoms with Crippen molar-refractivity contribution in [1.29, 1.82) is 0 Å². The van der Waals surface area contributed by atoms with E-state index in [2.05, 4.69) is 10.2 Å². The predicted molar refractivity (Wildman–Crippen MR) is 79.4 cm³/mol. The Labute approximate surface area is 120 Å². The van der Waals surface area contributed by atoms with Crippen molar-refractivity contribution >= 4 is 11.6 Å². The third-order valence-corrected chi connectivity index (χ3v) is 3.67. The molecule has 20 heavy (non-hydrogen) atoms. The highest BCUT2D eigenvalue weighted by atomic mass is 16.5. The summed E-state index contributed by atoms with van der Waals surface area (Å²) in [4.78, 5) is 14.2. The number of anilines is 1. The van der Waals surface area contributed by atoms with Gasteiger partial charge in [0.2, 0.25) is 5.91 Å². The summed E-state index contributed by atoms with van der Waals surface area (Å²) < 4.78 is 5.37. The summed E-state index contributed by atoms with van der Waals surface area (Å²) in [7, 11) is 1.73. The van der Waals surface area contributed by atoms with Gasteiger partial charge in [-0.3, -0.25) is 9.69 Å². The number of nitrogens with zero attached hydrogens (tertiary/aromatic N) is 1. The highest BCUT2D eigenvalue weighted by Gasteiger charge is 2.21. The number of benzene rings is 1. The monoisotopic (exact) mass is 277 g/mol. The van der Waals surface area contributed by atoms with Crippen molar-refractivity contribution in [1.82, 2.24) is 4.90 Å². The molecule has 0 aliphatic carbocycles. The molecule has 1 atom stereocenters. The van der Waals surface area contributed by atoms with Crippen LogP contribution in [0.15, 0.2) is 24.3 Å². The molecule has 0 bridgehead atoms. The molecule has 0 spiro atoms. The van der Waals surface area contributed by atoms with Crippen LogP contribution in [0.1, 0.15) is 18.4 Å². The van der Waals surface area contributed by atoms with E-state index in [-0.39, 0.29) is 12.0 Å². The van der Waals surface area contributed by atoms with E-state index >= 15 is 0 Å². The Hall–Kier alpha value is -1.43. The molecule has 1 fully saturated rings. The Morgan fingerprint density at radius 1 is 1.50 bits per heavy atom. The zero-order valence-corrected chi connectivity index (χ0v) is 12.0. The maximum absolute atomic E-state index is 12.1. The predicted octanol–water partition coefficient (Wildman–Crippen LogP) is 1.19. The fourth-order valence-electron chi connectivity index (χ4n) is 2.56. The average molecular weight is 277 g/mol. The molecule has 1 aliphatic heterocycles. The molecule has 110 valence electrons. The number of nitrogens with two attached hydrogens (primary N) is 1. The molecule has 1 amide bonds. The highest BCUT2D eigenvalue weighted by molar-refractivity contribution is 5.93. The van der Waals surface area contributed by atoms with Crippen LogP contribution >= 0.6 is 0 Å². The Balaban J connectivity index is 1.89. The zero-order chi connectivity index (χ0) is 14.4. The van der Waals surface area contributed by atoms with Crippen molar-refractivity contribution in [3.05, 3.63) is 29.8 Å². The van der Waals surface area contributed by atoms with E-state index in [1.165, 1.54) is 0 Å². The highest BCUT2D eigenvalue weighted by Crippen LogP contribution is 2.15. The molecular weight excluding hydrogens is 254 g/mol. The largest absolute Gasteiger partial charge is 0.380 e. The number of carbonyl (C=O) groups is 1. The van der Waals surface area contributed by atoms with Crippen molar-refractivity contribution in [3.63, 3.8) is 0 Å². The summed E-state index contributed by atoms with van der Waals surface area (Å²) >= 11 is 0. The van der Waals surface area contributed by atoms with Crippen LogP contribution in [0.4, 0.5) is 5.69 Å². The van der Waals surface area contributed by atoms with Gasteiger partial charge in [0, 0.05) is 25.9 Å². The summed E-state index contributed by atoms with van der Waals surface area (Å²) in [6.45, 7) is 2.60. The number of methoxy groups -OCH3 is 1. The van der Waals surface area contributed by atoms with Gasteiger partial charge in [0.15, 0.2) is 0 Å². The summed E-state index contributed by atoms with van der Waals surface area (Å²) in [6, 6.07) is 7.63. The van der Waals surface area contributed by atoms with Crippen LogP contribution < -0.4 is 11.1 Å². The average Bonchev–Trinajstić information content (AvgIpc) is 2.48. The number of hydrogen-bond donors (Lipinski definition) is 2. The summed E-state index contributed by atoms with van der Waals surface area (Å²) in [6.07, 6.45) is 2.39. The van der Waals surface area contributed by atoms with E-state index in [0.717, 1.165) is 37.2 Å². The minimum atomic E-state index is 0.00246. The van der Waals surface area contributed by atoms with Gasteiger partial charge < -0.3 is 15.8 Å². The first kappa shape index (κ1) is 15.0. The van der Waals surface area contributed by atoms with Crippen LogP contribution in [0.2, 0.25) is 0 Å². The lowest BCUT2D eigenvalue weighted by Gasteiger charge is -2.31. The number of piperidine rings is 1. The van der Waals surface area contributed by atoms with E-state index in [0.29, 0.717) is 13.1 Å². The van der Waals surface area contributed by atoms with E-state index in [4.69, 9.17) is 10.5 Å². The van der Waals surface area contributed by atoms with Crippen LogP contribution in [0.25, 0.3) is 0 Å². The van der Waals surface area contributed by atoms with Crippen LogP contribution in [-0.2, 0) is 16.1 Å². The first-order chi connectivity index (χ1) is 9.72. The molecule has 0 radical (unpaired) electrons. The Morgan fingerprint density at radius 2 is 2.30 bits per heavy atom. The van der Waals surface area contributed by atoms with E-state index in [1.807, 2.05) is 24.3 Å². The second-order valence-corrected chi connectivity index (χ2v) is 5.14. The van der Waals surface area contributed by atoms with Gasteiger partial charge in [0.25, 0.3) is 0 Å². The van der Waals surface area contributed by atoms with Gasteiger partial charge in [-0.2, -0.15) is 0 Å². The fraction of sp³-hybridized carbons (Fsp3) is 0.533. The van der Waals surface area contributed by atoms with Crippen LogP contribution in [0, 0.1) is 0 Å². The molecule has 1 heterocycles. The third-order valence-electron chi connectivity index (χ3n) is 3.67. The van der Waals surface area contributed by atoms with E-state index < -0.39 is 0 Å². The molecule has 5 nitrogen and oxygen atoms in total. The third kappa shape index (κ3) is 4.03. The van der Waals surface area contributed by atoms with Crippen molar-refractivity contribution in [3.8, 4) is 0 Å². The number of likely N-dealkylation sites (tertiary alicyclic amines) is 1. The van der Waals surface area contributed by atoms with Crippen LogP contribution in [0.3, 0.4) is 0 Å². The molecule has 2 rings (SSSR count). The number of amides is 1. The quantitative estimate of drug-likeness (QED) is 0.848. The number of ether oxygens (including phenoxy) is 1. The van der Waals surface area contributed by atoms with Crippen LogP contribution in [0.5, 0.6) is 0 Å². The molecule has 1 saturated heterocycles. The van der Waals surface area contributed by atoms with Gasteiger partial charge in [-0.25, -0.2) is 0 Å². The van der Waals surface area contributed by atoms with Gasteiger partial charge in [-0.15, -0.1) is 0 Å². The molecule has 0 saturated carbocycles. The summed E-state index contributed by atoms with van der Waals surface area (Å²) in [5.74, 6) is 0.00246. The molecule has 1 aliphatic rings. The number of hydrogen-bond acceptors (Lipinski definition) is 4. The van der Waals surface area contributed by atoms with Crippen molar-refractivity contribution < 1.29 is 9.53 Å². The lowest BCUT2D eigenvalue weighted by Crippen LogP contribution is -2.43. The number of para-hydroxylation sites is 1. The lowest BCUT2D eigenvalue weighted by molar-refractivity contribution is -0.118. The molecule has 1 aromatic carbocycles. The summed E-state index contributed by atoms with van der Waals surface area (Å²) in [5, 5.41) is 2.94. The second-order valence-electron chi connectivity index (χ2n) is 5.14. The van der Waals surface area contributed by atoms with Crippen molar-refractivity contribution in [2.45, 2.75) is 25.5 Å². The topological polar surface area (TPSA) is 67.6 Å². The smallest absolute Gasteiger partial charge is 0.238 e. The standard InChI is InChI=1S/C15H23N3O2/c1-20-13-6-4-8-18(10-13)11-15(19)17-14-7-3-2-5-12(14)9-16/h2-3,5,7,13H,4,6,8-11,16H2,1H3,(H,17,19). The van der Waals surface area contributed by atoms with E-state index in [1.54, 1.807) is 7.11 Å². The minimum absolute atomic E-state index is 0.00246.